The summed E-state index contributed by atoms with van der Waals surface area (Å²) in [6.07, 6.45) is 3.73. The molecule has 1 saturated heterocycles. The van der Waals surface area contributed by atoms with Crippen LogP contribution in [0.3, 0.4) is 0 Å². The minimum Gasteiger partial charge on any atom is -0.336 e. The van der Waals surface area contributed by atoms with E-state index >= 15 is 0 Å². The smallest absolute Gasteiger partial charge is 0.317 e. The number of carbonyl (C=O) groups excluding carboxylic acids is 3. The molecule has 3 aliphatic rings. The van der Waals surface area contributed by atoms with Crippen LogP contribution in [0.1, 0.15) is 60.3 Å². The van der Waals surface area contributed by atoms with Gasteiger partial charge in [-0.25, -0.2) is 4.79 Å². The fourth-order valence-electron chi connectivity index (χ4n) is 4.35. The lowest BCUT2D eigenvalue weighted by Crippen LogP contribution is -2.44. The zero-order chi connectivity index (χ0) is 20.0. The second-order valence-corrected chi connectivity index (χ2v) is 9.54. The summed E-state index contributed by atoms with van der Waals surface area (Å²) in [5.74, 6) is 0.572. The number of urea groups is 1. The second-order valence-electron chi connectivity index (χ2n) is 8.45. The van der Waals surface area contributed by atoms with E-state index in [0.29, 0.717) is 44.4 Å². The van der Waals surface area contributed by atoms with Gasteiger partial charge in [-0.3, -0.25) is 9.59 Å². The van der Waals surface area contributed by atoms with Crippen LogP contribution in [0, 0.1) is 24.7 Å². The fraction of sp³-hybridized carbons (Fsp3) is 0.667. The molecule has 3 heterocycles. The van der Waals surface area contributed by atoms with Gasteiger partial charge >= 0.3 is 6.03 Å². The Bertz CT molecular complexity index is 818. The van der Waals surface area contributed by atoms with E-state index in [1.54, 1.807) is 4.90 Å². The highest BCUT2D eigenvalue weighted by atomic mass is 32.1. The monoisotopic (exact) mass is 403 g/mol. The van der Waals surface area contributed by atoms with Gasteiger partial charge in [-0.05, 0) is 43.6 Å². The Hall–Kier alpha value is -1.89. The number of amides is 3. The summed E-state index contributed by atoms with van der Waals surface area (Å²) in [6, 6.07) is -0.0587. The Morgan fingerprint density at radius 1 is 1.25 bits per heavy atom. The van der Waals surface area contributed by atoms with Gasteiger partial charge in [0.2, 0.25) is 5.91 Å². The van der Waals surface area contributed by atoms with Crippen LogP contribution < -0.4 is 10.2 Å². The van der Waals surface area contributed by atoms with E-state index in [1.165, 1.54) is 11.3 Å². The second kappa shape index (κ2) is 7.50. The highest BCUT2D eigenvalue weighted by Crippen LogP contribution is 2.47. The number of hydrogen-bond acceptors (Lipinski definition) is 4. The highest BCUT2D eigenvalue weighted by Gasteiger charge is 2.46. The maximum absolute atomic E-state index is 13.3. The van der Waals surface area contributed by atoms with Crippen LogP contribution in [0.5, 0.6) is 0 Å². The van der Waals surface area contributed by atoms with Crippen molar-refractivity contribution in [1.82, 2.24) is 10.2 Å². The number of anilines is 1. The molecule has 0 radical (unpaired) electrons. The molecule has 3 amide bonds. The van der Waals surface area contributed by atoms with E-state index in [-0.39, 0.29) is 17.7 Å². The van der Waals surface area contributed by atoms with Crippen LogP contribution in [0.15, 0.2) is 0 Å². The minimum absolute atomic E-state index is 0.00211. The topological polar surface area (TPSA) is 69.7 Å². The van der Waals surface area contributed by atoms with Crippen LogP contribution in [0.4, 0.5) is 9.80 Å². The zero-order valence-electron chi connectivity index (χ0n) is 16.9. The third kappa shape index (κ3) is 3.34. The lowest BCUT2D eigenvalue weighted by atomic mass is 9.86. The molecule has 1 N–H and O–H groups in total. The summed E-state index contributed by atoms with van der Waals surface area (Å²) in [5.41, 5.74) is 1.68. The summed E-state index contributed by atoms with van der Waals surface area (Å²) in [7, 11) is 0. The van der Waals surface area contributed by atoms with Gasteiger partial charge in [-0.2, -0.15) is 0 Å². The fourth-order valence-corrected chi connectivity index (χ4v) is 5.71. The quantitative estimate of drug-likeness (QED) is 0.708. The molecule has 4 rings (SSSR count). The molecule has 28 heavy (non-hydrogen) atoms. The van der Waals surface area contributed by atoms with Crippen molar-refractivity contribution in [3.8, 4) is 0 Å². The van der Waals surface area contributed by atoms with E-state index in [0.717, 1.165) is 40.3 Å². The molecule has 0 spiro atoms. The minimum atomic E-state index is -0.532. The maximum atomic E-state index is 13.3. The van der Waals surface area contributed by atoms with E-state index in [2.05, 4.69) is 19.2 Å². The van der Waals surface area contributed by atoms with Gasteiger partial charge in [-0.1, -0.05) is 20.3 Å². The molecule has 3 atom stereocenters. The summed E-state index contributed by atoms with van der Waals surface area (Å²) in [4.78, 5) is 43.2. The number of hydrogen-bond donors (Lipinski definition) is 1. The molecule has 1 aliphatic carbocycles. The number of Topliss-reactive ketones (excluding diaryl/α,β-unsaturated/α-hetero) is 1. The third-order valence-corrected chi connectivity index (χ3v) is 7.73. The first-order valence-corrected chi connectivity index (χ1v) is 11.2. The highest BCUT2D eigenvalue weighted by molar-refractivity contribution is 7.17. The molecule has 0 aromatic carbocycles. The molecular formula is C21H29N3O3S. The largest absolute Gasteiger partial charge is 0.336 e. The van der Waals surface area contributed by atoms with Gasteiger partial charge in [0, 0.05) is 24.5 Å². The molecule has 7 heteroatoms. The van der Waals surface area contributed by atoms with Crippen molar-refractivity contribution >= 4 is 34.1 Å². The van der Waals surface area contributed by atoms with Gasteiger partial charge in [0.15, 0.2) is 5.78 Å². The summed E-state index contributed by atoms with van der Waals surface area (Å²) >= 11 is 1.52. The van der Waals surface area contributed by atoms with Crippen molar-refractivity contribution in [2.24, 2.45) is 17.8 Å². The number of carbonyl (C=O) groups is 3. The van der Waals surface area contributed by atoms with Crippen molar-refractivity contribution < 1.29 is 14.4 Å². The van der Waals surface area contributed by atoms with E-state index in [9.17, 15) is 14.4 Å². The molecule has 1 aromatic rings. The van der Waals surface area contributed by atoms with Crippen LogP contribution in [-0.2, 0) is 11.3 Å². The number of nitrogens with zero attached hydrogens (tertiary/aromatic N) is 2. The van der Waals surface area contributed by atoms with E-state index in [4.69, 9.17) is 0 Å². The summed E-state index contributed by atoms with van der Waals surface area (Å²) in [6.45, 7) is 8.78. The molecule has 1 aromatic heterocycles. The van der Waals surface area contributed by atoms with Gasteiger partial charge in [0.1, 0.15) is 10.9 Å². The normalized spacial score (nSPS) is 26.7. The molecular weight excluding hydrogens is 374 g/mol. The first-order chi connectivity index (χ1) is 13.4. The molecule has 152 valence electrons. The average Bonchev–Trinajstić information content (AvgIpc) is 3.04. The van der Waals surface area contributed by atoms with Gasteiger partial charge in [-0.15, -0.1) is 11.3 Å². The summed E-state index contributed by atoms with van der Waals surface area (Å²) in [5, 5.41) is 3.62. The number of ketones is 1. The zero-order valence-corrected chi connectivity index (χ0v) is 17.7. The predicted molar refractivity (Wildman–Crippen MR) is 110 cm³/mol. The van der Waals surface area contributed by atoms with Crippen LogP contribution >= 0.6 is 11.3 Å². The van der Waals surface area contributed by atoms with Crippen LogP contribution in [0.25, 0.3) is 0 Å². The Balaban J connectivity index is 1.67. The third-order valence-electron chi connectivity index (χ3n) is 6.43. The maximum Gasteiger partial charge on any atom is 0.317 e. The van der Waals surface area contributed by atoms with Crippen molar-refractivity contribution in [3.05, 3.63) is 16.0 Å². The number of nitrogens with one attached hydrogen (secondary N) is 1. The van der Waals surface area contributed by atoms with Gasteiger partial charge in [0.25, 0.3) is 0 Å². The Morgan fingerprint density at radius 3 is 2.61 bits per heavy atom. The summed E-state index contributed by atoms with van der Waals surface area (Å²) < 4.78 is 0. The Labute approximate surface area is 170 Å². The van der Waals surface area contributed by atoms with Gasteiger partial charge < -0.3 is 15.1 Å². The van der Waals surface area contributed by atoms with Crippen molar-refractivity contribution in [2.75, 3.05) is 24.5 Å². The van der Waals surface area contributed by atoms with Gasteiger partial charge in [0.05, 0.1) is 12.1 Å². The molecule has 6 nitrogen and oxygen atoms in total. The number of unbranched alkanes of at least 4 members (excludes halogenated alkanes) is 1. The first kappa shape index (κ1) is 19.4. The SMILES string of the molecule is CCCCN1C(=O)C(C[C@H]2C[C@@H]2C)C(=O)c2c1sc(CN1CCNC1=O)c2C. The molecule has 1 saturated carbocycles. The molecule has 2 aliphatic heterocycles. The van der Waals surface area contributed by atoms with Crippen molar-refractivity contribution in [1.29, 1.82) is 0 Å². The van der Waals surface area contributed by atoms with Crippen molar-refractivity contribution in [2.45, 2.75) is 53.0 Å². The number of thiophene rings is 1. The lowest BCUT2D eigenvalue weighted by molar-refractivity contribution is -0.121. The number of rotatable bonds is 7. The molecule has 2 fully saturated rings. The Morgan fingerprint density at radius 2 is 2.00 bits per heavy atom. The van der Waals surface area contributed by atoms with Crippen LogP contribution in [0.2, 0.25) is 0 Å². The first-order valence-electron chi connectivity index (χ1n) is 10.4. The van der Waals surface area contributed by atoms with E-state index < -0.39 is 5.92 Å². The predicted octanol–water partition coefficient (Wildman–Crippen LogP) is 3.57. The standard InChI is InChI=1S/C21H29N3O3S/c1-4-5-7-24-19(26)15(10-14-9-12(14)2)18(25)17-13(3)16(28-20(17)24)11-23-8-6-22-21(23)27/h12,14-15H,4-11H2,1-3H3,(H,22,27)/t12-,14+,15?/m0/s1. The Kier molecular flexibility index (Phi) is 5.21. The van der Waals surface area contributed by atoms with Crippen LogP contribution in [-0.4, -0.2) is 42.3 Å². The molecule has 1 unspecified atom stereocenters. The average molecular weight is 404 g/mol. The van der Waals surface area contributed by atoms with Crippen molar-refractivity contribution in [3.63, 3.8) is 0 Å². The van der Waals surface area contributed by atoms with E-state index in [1.807, 2.05) is 11.8 Å². The number of fused-ring (bicyclic) bond motifs is 1. The lowest BCUT2D eigenvalue weighted by Gasteiger charge is -2.31. The molecule has 0 bridgehead atoms.